The Balaban J connectivity index is 2.29. The molecule has 0 atom stereocenters. The number of hydrazone groups is 1. The van der Waals surface area contributed by atoms with Gasteiger partial charge in [-0.05, 0) is 31.0 Å². The van der Waals surface area contributed by atoms with Gasteiger partial charge in [0.2, 0.25) is 0 Å². The van der Waals surface area contributed by atoms with E-state index in [0.29, 0.717) is 6.54 Å². The van der Waals surface area contributed by atoms with Crippen LogP contribution in [0.5, 0.6) is 0 Å². The molecule has 1 aliphatic rings. The molecule has 1 aromatic rings. The van der Waals surface area contributed by atoms with E-state index in [1.165, 1.54) is 5.56 Å². The number of nitrogens with zero attached hydrogens (tertiary/aromatic N) is 2. The molecule has 2 N–H and O–H groups in total. The predicted molar refractivity (Wildman–Crippen MR) is 67.3 cm³/mol. The van der Waals surface area contributed by atoms with E-state index in [4.69, 9.17) is 5.73 Å². The largest absolute Gasteiger partial charge is 0.326 e. The van der Waals surface area contributed by atoms with Crippen molar-refractivity contribution in [3.63, 3.8) is 0 Å². The summed E-state index contributed by atoms with van der Waals surface area (Å²) in [5.74, 6) is 0. The van der Waals surface area contributed by atoms with Crippen molar-refractivity contribution in [3.8, 4) is 0 Å². The van der Waals surface area contributed by atoms with Gasteiger partial charge in [-0.2, -0.15) is 5.10 Å². The van der Waals surface area contributed by atoms with Gasteiger partial charge in [0.1, 0.15) is 0 Å². The molecule has 1 heterocycles. The van der Waals surface area contributed by atoms with Gasteiger partial charge in [-0.15, -0.1) is 0 Å². The van der Waals surface area contributed by atoms with Gasteiger partial charge < -0.3 is 5.73 Å². The summed E-state index contributed by atoms with van der Waals surface area (Å²) in [5.41, 5.74) is 9.28. The van der Waals surface area contributed by atoms with Crippen LogP contribution in [-0.4, -0.2) is 23.3 Å². The zero-order chi connectivity index (χ0) is 11.8. The topological polar surface area (TPSA) is 41.6 Å². The highest BCUT2D eigenvalue weighted by molar-refractivity contribution is 6.02. The predicted octanol–water partition coefficient (Wildman–Crippen LogP) is 1.96. The van der Waals surface area contributed by atoms with Crippen LogP contribution in [0, 0.1) is 0 Å². The maximum Gasteiger partial charge on any atom is 0.0701 e. The molecule has 0 spiro atoms. The van der Waals surface area contributed by atoms with Crippen LogP contribution in [0.2, 0.25) is 0 Å². The zero-order valence-electron chi connectivity index (χ0n) is 10.2. The molecule has 86 valence electrons. The van der Waals surface area contributed by atoms with Gasteiger partial charge in [0.25, 0.3) is 0 Å². The van der Waals surface area contributed by atoms with E-state index in [9.17, 15) is 0 Å². The van der Waals surface area contributed by atoms with Gasteiger partial charge in [-0.25, -0.2) is 0 Å². The van der Waals surface area contributed by atoms with Gasteiger partial charge >= 0.3 is 0 Å². The fourth-order valence-electron chi connectivity index (χ4n) is 1.91. The number of rotatable bonds is 2. The minimum atomic E-state index is 0.119. The molecule has 16 heavy (non-hydrogen) atoms. The molecule has 0 aromatic heterocycles. The lowest BCUT2D eigenvalue weighted by atomic mass is 9.94. The van der Waals surface area contributed by atoms with Crippen molar-refractivity contribution >= 4 is 5.71 Å². The van der Waals surface area contributed by atoms with Crippen molar-refractivity contribution in [3.05, 3.63) is 35.4 Å². The number of hydrogen-bond donors (Lipinski definition) is 1. The molecule has 0 unspecified atom stereocenters. The van der Waals surface area contributed by atoms with Crippen molar-refractivity contribution < 1.29 is 0 Å². The minimum absolute atomic E-state index is 0.119. The Morgan fingerprint density at radius 3 is 2.75 bits per heavy atom. The second-order valence-electron chi connectivity index (χ2n) is 4.96. The van der Waals surface area contributed by atoms with E-state index in [-0.39, 0.29) is 5.54 Å². The molecule has 0 fully saturated rings. The molecular weight excluding hydrogens is 198 g/mol. The summed E-state index contributed by atoms with van der Waals surface area (Å²) in [6, 6.07) is 8.33. The van der Waals surface area contributed by atoms with Gasteiger partial charge in [-0.1, -0.05) is 18.2 Å². The lowest BCUT2D eigenvalue weighted by molar-refractivity contribution is 0.194. The molecule has 3 nitrogen and oxygen atoms in total. The van der Waals surface area contributed by atoms with Gasteiger partial charge in [0.05, 0.1) is 11.3 Å². The second-order valence-corrected chi connectivity index (χ2v) is 4.96. The standard InChI is InChI=1S/C13H19N3/c1-13(2)8-12(15-16(13)3)11-6-4-5-10(7-11)9-14/h4-7H,8-9,14H2,1-3H3. The van der Waals surface area contributed by atoms with E-state index < -0.39 is 0 Å². The summed E-state index contributed by atoms with van der Waals surface area (Å²) in [7, 11) is 2.03. The minimum Gasteiger partial charge on any atom is -0.326 e. The monoisotopic (exact) mass is 217 g/mol. The summed E-state index contributed by atoms with van der Waals surface area (Å²) in [5, 5.41) is 6.64. The molecular formula is C13H19N3. The van der Waals surface area contributed by atoms with Crippen LogP contribution in [0.4, 0.5) is 0 Å². The maximum atomic E-state index is 5.65. The average molecular weight is 217 g/mol. The van der Waals surface area contributed by atoms with Crippen LogP contribution in [0.3, 0.4) is 0 Å². The smallest absolute Gasteiger partial charge is 0.0701 e. The van der Waals surface area contributed by atoms with Crippen LogP contribution in [0.25, 0.3) is 0 Å². The number of nitrogens with two attached hydrogens (primary N) is 1. The van der Waals surface area contributed by atoms with Crippen molar-refractivity contribution in [1.29, 1.82) is 0 Å². The van der Waals surface area contributed by atoms with Crippen LogP contribution in [0.1, 0.15) is 31.4 Å². The fourth-order valence-corrected chi connectivity index (χ4v) is 1.91. The first-order valence-electron chi connectivity index (χ1n) is 5.63. The maximum absolute atomic E-state index is 5.65. The lowest BCUT2D eigenvalue weighted by Gasteiger charge is -2.26. The average Bonchev–Trinajstić information content (AvgIpc) is 2.54. The second kappa shape index (κ2) is 3.91. The Labute approximate surface area is 96.9 Å². The van der Waals surface area contributed by atoms with E-state index in [2.05, 4.69) is 31.1 Å². The van der Waals surface area contributed by atoms with Crippen LogP contribution in [0.15, 0.2) is 29.4 Å². The molecule has 1 aliphatic heterocycles. The third kappa shape index (κ3) is 1.95. The number of benzene rings is 1. The first-order chi connectivity index (χ1) is 7.53. The quantitative estimate of drug-likeness (QED) is 0.822. The zero-order valence-corrected chi connectivity index (χ0v) is 10.2. The SMILES string of the molecule is CN1N=C(c2cccc(CN)c2)CC1(C)C. The van der Waals surface area contributed by atoms with Crippen LogP contribution in [-0.2, 0) is 6.54 Å². The van der Waals surface area contributed by atoms with Crippen molar-refractivity contribution in [2.24, 2.45) is 10.8 Å². The van der Waals surface area contributed by atoms with Gasteiger partial charge in [0, 0.05) is 20.0 Å². The van der Waals surface area contributed by atoms with Crippen molar-refractivity contribution in [2.75, 3.05) is 7.05 Å². The fraction of sp³-hybridized carbons (Fsp3) is 0.462. The third-order valence-corrected chi connectivity index (χ3v) is 3.24. The first-order valence-corrected chi connectivity index (χ1v) is 5.63. The Hall–Kier alpha value is -1.35. The van der Waals surface area contributed by atoms with Crippen molar-refractivity contribution in [2.45, 2.75) is 32.4 Å². The van der Waals surface area contributed by atoms with E-state index in [0.717, 1.165) is 17.7 Å². The summed E-state index contributed by atoms with van der Waals surface area (Å²) >= 11 is 0. The Morgan fingerprint density at radius 1 is 1.44 bits per heavy atom. The van der Waals surface area contributed by atoms with E-state index in [1.54, 1.807) is 0 Å². The summed E-state index contributed by atoms with van der Waals surface area (Å²) in [6.45, 7) is 4.99. The van der Waals surface area contributed by atoms with Crippen molar-refractivity contribution in [1.82, 2.24) is 5.01 Å². The molecule has 2 rings (SSSR count). The highest BCUT2D eigenvalue weighted by Gasteiger charge is 2.31. The first kappa shape index (κ1) is 11.1. The van der Waals surface area contributed by atoms with E-state index in [1.807, 2.05) is 24.2 Å². The van der Waals surface area contributed by atoms with Gasteiger partial charge in [0.15, 0.2) is 0 Å². The molecule has 0 bridgehead atoms. The van der Waals surface area contributed by atoms with E-state index >= 15 is 0 Å². The normalized spacial score (nSPS) is 18.8. The van der Waals surface area contributed by atoms with Gasteiger partial charge in [-0.3, -0.25) is 5.01 Å². The van der Waals surface area contributed by atoms with Crippen LogP contribution >= 0.6 is 0 Å². The molecule has 0 aliphatic carbocycles. The Morgan fingerprint density at radius 2 is 2.19 bits per heavy atom. The molecule has 1 aromatic carbocycles. The van der Waals surface area contributed by atoms with Crippen LogP contribution < -0.4 is 5.73 Å². The summed E-state index contributed by atoms with van der Waals surface area (Å²) in [4.78, 5) is 0. The summed E-state index contributed by atoms with van der Waals surface area (Å²) in [6.07, 6.45) is 0.984. The third-order valence-electron chi connectivity index (χ3n) is 3.24. The molecule has 0 saturated carbocycles. The molecule has 0 saturated heterocycles. The highest BCUT2D eigenvalue weighted by Crippen LogP contribution is 2.27. The Kier molecular flexibility index (Phi) is 2.72. The highest BCUT2D eigenvalue weighted by atomic mass is 15.5. The lowest BCUT2D eigenvalue weighted by Crippen LogP contribution is -2.33. The number of hydrogen-bond acceptors (Lipinski definition) is 3. The molecule has 0 amide bonds. The summed E-state index contributed by atoms with van der Waals surface area (Å²) < 4.78 is 0. The molecule has 0 radical (unpaired) electrons. The Bertz CT molecular complexity index is 421. The molecule has 3 heteroatoms.